The third-order valence-corrected chi connectivity index (χ3v) is 5.49. The molecule has 0 bridgehead atoms. The molecule has 1 aliphatic heterocycles. The van der Waals surface area contributed by atoms with Crippen LogP contribution in [0.25, 0.3) is 0 Å². The van der Waals surface area contributed by atoms with Gasteiger partial charge in [0.2, 0.25) is 5.91 Å². The molecule has 132 valence electrons. The van der Waals surface area contributed by atoms with E-state index in [0.29, 0.717) is 0 Å². The SMILES string of the molecule is CN(CCN1CCCC1)C(=O)[C@@H]1CCCC[C@@H]1C(=O)C(C)(C)C. The molecule has 0 N–H and O–H groups in total. The molecule has 1 saturated heterocycles. The van der Waals surface area contributed by atoms with Crippen molar-refractivity contribution in [2.24, 2.45) is 17.3 Å². The van der Waals surface area contributed by atoms with Gasteiger partial charge in [-0.15, -0.1) is 0 Å². The number of hydrogen-bond donors (Lipinski definition) is 0. The van der Waals surface area contributed by atoms with Crippen LogP contribution in [-0.4, -0.2) is 54.7 Å². The van der Waals surface area contributed by atoms with Crippen molar-refractivity contribution >= 4 is 11.7 Å². The lowest BCUT2D eigenvalue weighted by Gasteiger charge is -2.36. The Kier molecular flexibility index (Phi) is 6.24. The number of carbonyl (C=O) groups excluding carboxylic acids is 2. The highest BCUT2D eigenvalue weighted by Gasteiger charge is 2.40. The van der Waals surface area contributed by atoms with E-state index in [2.05, 4.69) is 4.90 Å². The zero-order valence-corrected chi connectivity index (χ0v) is 15.4. The maximum absolute atomic E-state index is 12.9. The summed E-state index contributed by atoms with van der Waals surface area (Å²) in [6.45, 7) is 10.00. The van der Waals surface area contributed by atoms with E-state index in [0.717, 1.165) is 51.9 Å². The average Bonchev–Trinajstić information content (AvgIpc) is 3.03. The van der Waals surface area contributed by atoms with Crippen molar-refractivity contribution in [3.63, 3.8) is 0 Å². The lowest BCUT2D eigenvalue weighted by molar-refractivity contribution is -0.144. The van der Waals surface area contributed by atoms with E-state index in [1.807, 2.05) is 32.7 Å². The molecule has 4 nitrogen and oxygen atoms in total. The number of amides is 1. The van der Waals surface area contributed by atoms with Crippen molar-refractivity contribution in [2.75, 3.05) is 33.2 Å². The lowest BCUT2D eigenvalue weighted by atomic mass is 9.70. The van der Waals surface area contributed by atoms with Gasteiger partial charge >= 0.3 is 0 Å². The van der Waals surface area contributed by atoms with Crippen molar-refractivity contribution in [2.45, 2.75) is 59.3 Å². The smallest absolute Gasteiger partial charge is 0.226 e. The molecule has 1 saturated carbocycles. The van der Waals surface area contributed by atoms with Gasteiger partial charge in [0.05, 0.1) is 0 Å². The molecule has 0 unspecified atom stereocenters. The van der Waals surface area contributed by atoms with Crippen molar-refractivity contribution in [1.82, 2.24) is 9.80 Å². The minimum Gasteiger partial charge on any atom is -0.344 e. The van der Waals surface area contributed by atoms with Crippen molar-refractivity contribution < 1.29 is 9.59 Å². The van der Waals surface area contributed by atoms with Crippen LogP contribution in [0.3, 0.4) is 0 Å². The Morgan fingerprint density at radius 3 is 2.13 bits per heavy atom. The van der Waals surface area contributed by atoms with Gasteiger partial charge in [-0.3, -0.25) is 9.59 Å². The van der Waals surface area contributed by atoms with Crippen molar-refractivity contribution in [3.8, 4) is 0 Å². The van der Waals surface area contributed by atoms with Gasteiger partial charge in [-0.05, 0) is 38.8 Å². The molecule has 0 aromatic rings. The summed E-state index contributed by atoms with van der Waals surface area (Å²) in [6.07, 6.45) is 6.47. The number of rotatable bonds is 5. The molecule has 2 aliphatic rings. The number of nitrogens with zero attached hydrogens (tertiary/aromatic N) is 2. The number of carbonyl (C=O) groups is 2. The fourth-order valence-electron chi connectivity index (χ4n) is 3.99. The Morgan fingerprint density at radius 1 is 1.00 bits per heavy atom. The first kappa shape index (κ1) is 18.4. The van der Waals surface area contributed by atoms with Gasteiger partial charge in [0.1, 0.15) is 5.78 Å². The van der Waals surface area contributed by atoms with E-state index in [-0.39, 0.29) is 28.9 Å². The van der Waals surface area contributed by atoms with E-state index in [1.165, 1.54) is 12.8 Å². The zero-order chi connectivity index (χ0) is 17.0. The molecule has 1 heterocycles. The molecule has 2 rings (SSSR count). The van der Waals surface area contributed by atoms with E-state index >= 15 is 0 Å². The third kappa shape index (κ3) is 4.79. The van der Waals surface area contributed by atoms with Gasteiger partial charge in [-0.1, -0.05) is 33.6 Å². The largest absolute Gasteiger partial charge is 0.344 e. The molecule has 23 heavy (non-hydrogen) atoms. The van der Waals surface area contributed by atoms with E-state index in [4.69, 9.17) is 0 Å². The Morgan fingerprint density at radius 2 is 1.57 bits per heavy atom. The summed E-state index contributed by atoms with van der Waals surface area (Å²) in [5.74, 6) is 0.277. The van der Waals surface area contributed by atoms with Crippen LogP contribution in [0, 0.1) is 17.3 Å². The third-order valence-electron chi connectivity index (χ3n) is 5.49. The first-order valence-corrected chi connectivity index (χ1v) is 9.32. The van der Waals surface area contributed by atoms with Gasteiger partial charge in [0.25, 0.3) is 0 Å². The molecule has 4 heteroatoms. The zero-order valence-electron chi connectivity index (χ0n) is 15.4. The van der Waals surface area contributed by atoms with Gasteiger partial charge in [-0.25, -0.2) is 0 Å². The van der Waals surface area contributed by atoms with Crippen LogP contribution in [0.5, 0.6) is 0 Å². The molecule has 1 amide bonds. The number of hydrogen-bond acceptors (Lipinski definition) is 3. The van der Waals surface area contributed by atoms with Crippen LogP contribution in [0.15, 0.2) is 0 Å². The maximum Gasteiger partial charge on any atom is 0.226 e. The molecule has 0 aromatic carbocycles. The highest BCUT2D eigenvalue weighted by molar-refractivity contribution is 5.91. The summed E-state index contributed by atoms with van der Waals surface area (Å²) in [7, 11) is 1.91. The number of Topliss-reactive ketones (excluding diaryl/α,β-unsaturated/α-hetero) is 1. The Bertz CT molecular complexity index is 422. The second-order valence-electron chi connectivity index (χ2n) is 8.42. The Balaban J connectivity index is 1.95. The molecular weight excluding hydrogens is 288 g/mol. The molecule has 0 aromatic heterocycles. The van der Waals surface area contributed by atoms with E-state index in [9.17, 15) is 9.59 Å². The summed E-state index contributed by atoms with van der Waals surface area (Å²) in [5, 5.41) is 0. The summed E-state index contributed by atoms with van der Waals surface area (Å²) >= 11 is 0. The van der Waals surface area contributed by atoms with Gasteiger partial charge in [-0.2, -0.15) is 0 Å². The van der Waals surface area contributed by atoms with Gasteiger partial charge < -0.3 is 9.80 Å². The number of likely N-dealkylation sites (tertiary alicyclic amines) is 1. The number of ketones is 1. The summed E-state index contributed by atoms with van der Waals surface area (Å²) in [6, 6.07) is 0. The van der Waals surface area contributed by atoms with Gasteiger partial charge in [0.15, 0.2) is 0 Å². The molecule has 0 spiro atoms. The quantitative estimate of drug-likeness (QED) is 0.781. The second kappa shape index (κ2) is 7.78. The maximum atomic E-state index is 12.9. The fraction of sp³-hybridized carbons (Fsp3) is 0.895. The van der Waals surface area contributed by atoms with Crippen LogP contribution < -0.4 is 0 Å². The van der Waals surface area contributed by atoms with Crippen LogP contribution >= 0.6 is 0 Å². The molecular formula is C19H34N2O2. The average molecular weight is 322 g/mol. The second-order valence-corrected chi connectivity index (χ2v) is 8.42. The summed E-state index contributed by atoms with van der Waals surface area (Å²) in [4.78, 5) is 30.0. The summed E-state index contributed by atoms with van der Waals surface area (Å²) < 4.78 is 0. The Hall–Kier alpha value is -0.900. The molecule has 2 fully saturated rings. The highest BCUT2D eigenvalue weighted by Crippen LogP contribution is 2.36. The van der Waals surface area contributed by atoms with Crippen LogP contribution in [-0.2, 0) is 9.59 Å². The number of likely N-dealkylation sites (N-methyl/N-ethyl adjacent to an activating group) is 1. The summed E-state index contributed by atoms with van der Waals surface area (Å²) in [5.41, 5.74) is -0.353. The lowest BCUT2D eigenvalue weighted by Crippen LogP contribution is -2.45. The highest BCUT2D eigenvalue weighted by atomic mass is 16.2. The molecule has 0 radical (unpaired) electrons. The molecule has 2 atom stereocenters. The van der Waals surface area contributed by atoms with Crippen LogP contribution in [0.2, 0.25) is 0 Å². The molecule has 1 aliphatic carbocycles. The fourth-order valence-corrected chi connectivity index (χ4v) is 3.99. The monoisotopic (exact) mass is 322 g/mol. The predicted molar refractivity (Wildman–Crippen MR) is 93.2 cm³/mol. The first-order chi connectivity index (χ1) is 10.8. The van der Waals surface area contributed by atoms with E-state index < -0.39 is 0 Å². The van der Waals surface area contributed by atoms with Crippen molar-refractivity contribution in [1.29, 1.82) is 0 Å². The van der Waals surface area contributed by atoms with Crippen LogP contribution in [0.4, 0.5) is 0 Å². The topological polar surface area (TPSA) is 40.6 Å². The first-order valence-electron chi connectivity index (χ1n) is 9.32. The predicted octanol–water partition coefficient (Wildman–Crippen LogP) is 2.96. The van der Waals surface area contributed by atoms with Crippen LogP contribution in [0.1, 0.15) is 59.3 Å². The van der Waals surface area contributed by atoms with Crippen molar-refractivity contribution in [3.05, 3.63) is 0 Å². The minimum atomic E-state index is -0.353. The standard InChI is InChI=1S/C19H34N2O2/c1-19(2,3)17(22)15-9-5-6-10-16(15)18(23)20(4)13-14-21-11-7-8-12-21/h15-16H,5-14H2,1-4H3/t15-,16+/m0/s1. The minimum absolute atomic E-state index is 0.0783. The Labute approximate surface area is 141 Å². The van der Waals surface area contributed by atoms with Gasteiger partial charge in [0, 0.05) is 37.4 Å². The normalized spacial score (nSPS) is 26.3. The van der Waals surface area contributed by atoms with E-state index in [1.54, 1.807) is 0 Å².